The fraction of sp³-hybridized carbons (Fsp3) is 0.571. The molecule has 0 unspecified atom stereocenters. The predicted molar refractivity (Wildman–Crippen MR) is 66.8 cm³/mol. The van der Waals surface area contributed by atoms with E-state index < -0.39 is 0 Å². The van der Waals surface area contributed by atoms with E-state index >= 15 is 0 Å². The maximum Gasteiger partial charge on any atom is 0.119 e. The van der Waals surface area contributed by atoms with Crippen molar-refractivity contribution in [2.75, 3.05) is 19.7 Å². The summed E-state index contributed by atoms with van der Waals surface area (Å²) in [5, 5.41) is 0. The summed E-state index contributed by atoms with van der Waals surface area (Å²) in [4.78, 5) is 2.49. The summed E-state index contributed by atoms with van der Waals surface area (Å²) in [7, 11) is 0. The SMILES string of the molecule is CC(C)(C)N1CC(COc2ccccc2)C1. The summed E-state index contributed by atoms with van der Waals surface area (Å²) in [6.45, 7) is 9.97. The number of rotatable bonds is 3. The molecule has 0 radical (unpaired) electrons. The van der Waals surface area contributed by atoms with E-state index in [1.807, 2.05) is 30.3 Å². The zero-order valence-electron chi connectivity index (χ0n) is 10.4. The third-order valence-corrected chi connectivity index (χ3v) is 3.13. The van der Waals surface area contributed by atoms with Crippen molar-refractivity contribution in [2.45, 2.75) is 26.3 Å². The van der Waals surface area contributed by atoms with Gasteiger partial charge in [-0.05, 0) is 32.9 Å². The lowest BCUT2D eigenvalue weighted by Gasteiger charge is -2.47. The highest BCUT2D eigenvalue weighted by Gasteiger charge is 2.34. The zero-order chi connectivity index (χ0) is 11.6. The van der Waals surface area contributed by atoms with Crippen molar-refractivity contribution in [1.82, 2.24) is 4.90 Å². The van der Waals surface area contributed by atoms with Crippen LogP contribution < -0.4 is 4.74 Å². The Labute approximate surface area is 98.2 Å². The van der Waals surface area contributed by atoms with Crippen LogP contribution in [0.2, 0.25) is 0 Å². The maximum absolute atomic E-state index is 5.74. The molecule has 1 aliphatic rings. The highest BCUT2D eigenvalue weighted by atomic mass is 16.5. The first-order valence-corrected chi connectivity index (χ1v) is 5.98. The van der Waals surface area contributed by atoms with E-state index in [-0.39, 0.29) is 0 Å². The van der Waals surface area contributed by atoms with Crippen molar-refractivity contribution < 1.29 is 4.74 Å². The Morgan fingerprint density at radius 2 is 1.81 bits per heavy atom. The van der Waals surface area contributed by atoms with Crippen LogP contribution in [-0.2, 0) is 0 Å². The van der Waals surface area contributed by atoms with E-state index in [1.54, 1.807) is 0 Å². The van der Waals surface area contributed by atoms with E-state index in [0.717, 1.165) is 25.4 Å². The minimum absolute atomic E-state index is 0.309. The first-order valence-electron chi connectivity index (χ1n) is 5.98. The summed E-state index contributed by atoms with van der Waals surface area (Å²) < 4.78 is 5.74. The minimum atomic E-state index is 0.309. The first kappa shape index (κ1) is 11.5. The molecule has 1 saturated heterocycles. The van der Waals surface area contributed by atoms with E-state index in [1.165, 1.54) is 0 Å². The van der Waals surface area contributed by atoms with Crippen molar-refractivity contribution in [2.24, 2.45) is 5.92 Å². The fourth-order valence-electron chi connectivity index (χ4n) is 1.95. The number of hydrogen-bond donors (Lipinski definition) is 0. The van der Waals surface area contributed by atoms with E-state index in [9.17, 15) is 0 Å². The molecule has 0 spiro atoms. The van der Waals surface area contributed by atoms with Crippen molar-refractivity contribution in [3.05, 3.63) is 30.3 Å². The van der Waals surface area contributed by atoms with Crippen LogP contribution in [0, 0.1) is 5.92 Å². The average Bonchev–Trinajstić information content (AvgIpc) is 2.15. The van der Waals surface area contributed by atoms with Crippen molar-refractivity contribution in [3.63, 3.8) is 0 Å². The molecule has 0 aliphatic carbocycles. The van der Waals surface area contributed by atoms with Gasteiger partial charge in [-0.1, -0.05) is 18.2 Å². The lowest BCUT2D eigenvalue weighted by Crippen LogP contribution is -2.57. The van der Waals surface area contributed by atoms with E-state index in [0.29, 0.717) is 11.5 Å². The summed E-state index contributed by atoms with van der Waals surface area (Å²) in [6.07, 6.45) is 0. The molecule has 2 heteroatoms. The summed E-state index contributed by atoms with van der Waals surface area (Å²) >= 11 is 0. The van der Waals surface area contributed by atoms with Gasteiger partial charge in [-0.15, -0.1) is 0 Å². The maximum atomic E-state index is 5.74. The molecule has 1 heterocycles. The second kappa shape index (κ2) is 4.46. The molecule has 1 aromatic rings. The first-order chi connectivity index (χ1) is 7.55. The molecule has 0 bridgehead atoms. The smallest absolute Gasteiger partial charge is 0.119 e. The molecule has 0 atom stereocenters. The van der Waals surface area contributed by atoms with Crippen LogP contribution in [0.15, 0.2) is 30.3 Å². The van der Waals surface area contributed by atoms with Crippen LogP contribution in [0.3, 0.4) is 0 Å². The van der Waals surface area contributed by atoms with Gasteiger partial charge < -0.3 is 4.74 Å². The number of benzene rings is 1. The van der Waals surface area contributed by atoms with Gasteiger partial charge in [0.1, 0.15) is 5.75 Å². The lowest BCUT2D eigenvalue weighted by atomic mass is 9.93. The predicted octanol–water partition coefficient (Wildman–Crippen LogP) is 2.80. The summed E-state index contributed by atoms with van der Waals surface area (Å²) in [5.41, 5.74) is 0.309. The topological polar surface area (TPSA) is 12.5 Å². The molecule has 2 nitrogen and oxygen atoms in total. The van der Waals surface area contributed by atoms with Crippen LogP contribution in [-0.4, -0.2) is 30.1 Å². The molecule has 1 fully saturated rings. The third kappa shape index (κ3) is 2.76. The van der Waals surface area contributed by atoms with Gasteiger partial charge in [-0.3, -0.25) is 4.90 Å². The fourth-order valence-corrected chi connectivity index (χ4v) is 1.95. The van der Waals surface area contributed by atoms with Crippen molar-refractivity contribution in [1.29, 1.82) is 0 Å². The molecule has 1 aliphatic heterocycles. The van der Waals surface area contributed by atoms with Gasteiger partial charge in [0.2, 0.25) is 0 Å². The second-order valence-corrected chi connectivity index (χ2v) is 5.57. The second-order valence-electron chi connectivity index (χ2n) is 5.57. The molecule has 16 heavy (non-hydrogen) atoms. The molecular weight excluding hydrogens is 198 g/mol. The average molecular weight is 219 g/mol. The molecule has 2 rings (SSSR count). The largest absolute Gasteiger partial charge is 0.493 e. The van der Waals surface area contributed by atoms with E-state index in [4.69, 9.17) is 4.74 Å². The molecule has 88 valence electrons. The molecule has 0 N–H and O–H groups in total. The lowest BCUT2D eigenvalue weighted by molar-refractivity contribution is -0.00584. The quantitative estimate of drug-likeness (QED) is 0.775. The number of nitrogens with zero attached hydrogens (tertiary/aromatic N) is 1. The standard InChI is InChI=1S/C14H21NO/c1-14(2,3)15-9-12(10-15)11-16-13-7-5-4-6-8-13/h4-8,12H,9-11H2,1-3H3. The van der Waals surface area contributed by atoms with Crippen LogP contribution in [0.5, 0.6) is 5.75 Å². The van der Waals surface area contributed by atoms with Gasteiger partial charge >= 0.3 is 0 Å². The van der Waals surface area contributed by atoms with Crippen molar-refractivity contribution in [3.8, 4) is 5.75 Å². The monoisotopic (exact) mass is 219 g/mol. The normalized spacial score (nSPS) is 18.2. The molecule has 0 saturated carbocycles. The Morgan fingerprint density at radius 1 is 1.19 bits per heavy atom. The van der Waals surface area contributed by atoms with Gasteiger partial charge in [0, 0.05) is 24.5 Å². The Kier molecular flexibility index (Phi) is 3.20. The Bertz CT molecular complexity index is 322. The van der Waals surface area contributed by atoms with Gasteiger partial charge in [-0.2, -0.15) is 0 Å². The highest BCUT2D eigenvalue weighted by Crippen LogP contribution is 2.25. The van der Waals surface area contributed by atoms with Crippen molar-refractivity contribution >= 4 is 0 Å². The Morgan fingerprint density at radius 3 is 2.38 bits per heavy atom. The Hall–Kier alpha value is -1.02. The summed E-state index contributed by atoms with van der Waals surface area (Å²) in [6, 6.07) is 10.1. The van der Waals surface area contributed by atoms with Crippen LogP contribution in [0.1, 0.15) is 20.8 Å². The van der Waals surface area contributed by atoms with Crippen LogP contribution >= 0.6 is 0 Å². The highest BCUT2D eigenvalue weighted by molar-refractivity contribution is 5.20. The molecule has 1 aromatic carbocycles. The van der Waals surface area contributed by atoms with E-state index in [2.05, 4.69) is 25.7 Å². The van der Waals surface area contributed by atoms with Gasteiger partial charge in [0.05, 0.1) is 6.61 Å². The van der Waals surface area contributed by atoms with Gasteiger partial charge in [0.15, 0.2) is 0 Å². The molecule has 0 aromatic heterocycles. The Balaban J connectivity index is 1.71. The summed E-state index contributed by atoms with van der Waals surface area (Å²) in [5.74, 6) is 1.68. The molecule has 0 amide bonds. The number of para-hydroxylation sites is 1. The number of likely N-dealkylation sites (tertiary alicyclic amines) is 1. The van der Waals surface area contributed by atoms with Crippen LogP contribution in [0.25, 0.3) is 0 Å². The molecular formula is C14H21NO. The number of ether oxygens (including phenoxy) is 1. The third-order valence-electron chi connectivity index (χ3n) is 3.13. The minimum Gasteiger partial charge on any atom is -0.493 e. The van der Waals surface area contributed by atoms with Gasteiger partial charge in [0.25, 0.3) is 0 Å². The van der Waals surface area contributed by atoms with Gasteiger partial charge in [-0.25, -0.2) is 0 Å². The zero-order valence-corrected chi connectivity index (χ0v) is 10.4. The van der Waals surface area contributed by atoms with Crippen LogP contribution in [0.4, 0.5) is 0 Å². The number of hydrogen-bond acceptors (Lipinski definition) is 2.